The van der Waals surface area contributed by atoms with E-state index < -0.39 is 10.8 Å². The molecule has 0 saturated carbocycles. The van der Waals surface area contributed by atoms with Gasteiger partial charge in [-0.1, -0.05) is 6.07 Å². The van der Waals surface area contributed by atoms with Crippen LogP contribution in [0.15, 0.2) is 59.0 Å². The number of nitro benzene ring substituents is 1. The number of benzene rings is 3. The zero-order valence-electron chi connectivity index (χ0n) is 19.4. The van der Waals surface area contributed by atoms with E-state index in [1.807, 2.05) is 24.0 Å². The second-order valence-corrected chi connectivity index (χ2v) is 8.49. The Hall–Kier alpha value is -4.40. The van der Waals surface area contributed by atoms with Crippen molar-refractivity contribution < 1.29 is 18.9 Å². The summed E-state index contributed by atoms with van der Waals surface area (Å²) in [5.41, 5.74) is 4.09. The van der Waals surface area contributed by atoms with Crippen LogP contribution in [0.1, 0.15) is 28.8 Å². The molecule has 0 radical (unpaired) electrons. The molecule has 5 rings (SSSR count). The zero-order chi connectivity index (χ0) is 24.5. The molecular formula is C26H24N4O5. The van der Waals surface area contributed by atoms with Crippen LogP contribution in [0.2, 0.25) is 0 Å². The van der Waals surface area contributed by atoms with E-state index in [0.717, 1.165) is 31.5 Å². The van der Waals surface area contributed by atoms with Crippen molar-refractivity contribution in [2.75, 3.05) is 30.4 Å². The highest BCUT2D eigenvalue weighted by Gasteiger charge is 2.24. The van der Waals surface area contributed by atoms with E-state index in [4.69, 9.17) is 9.15 Å². The Morgan fingerprint density at radius 3 is 2.66 bits per heavy atom. The van der Waals surface area contributed by atoms with E-state index in [2.05, 4.69) is 10.3 Å². The molecule has 0 bridgehead atoms. The highest BCUT2D eigenvalue weighted by molar-refractivity contribution is 6.05. The molecule has 1 saturated heterocycles. The first-order valence-electron chi connectivity index (χ1n) is 11.3. The van der Waals surface area contributed by atoms with Crippen LogP contribution < -0.4 is 15.0 Å². The lowest BCUT2D eigenvalue weighted by atomic mass is 10.1. The fourth-order valence-electron chi connectivity index (χ4n) is 4.28. The quantitative estimate of drug-likeness (QED) is 0.288. The molecule has 0 spiro atoms. The molecule has 1 amide bonds. The summed E-state index contributed by atoms with van der Waals surface area (Å²) < 4.78 is 11.1. The number of methoxy groups -OCH3 is 1. The van der Waals surface area contributed by atoms with Gasteiger partial charge in [0.25, 0.3) is 11.6 Å². The van der Waals surface area contributed by atoms with Gasteiger partial charge in [0, 0.05) is 42.0 Å². The molecule has 4 aromatic rings. The maximum Gasteiger partial charge on any atom is 0.293 e. The Kier molecular flexibility index (Phi) is 5.82. The summed E-state index contributed by atoms with van der Waals surface area (Å²) >= 11 is 0. The van der Waals surface area contributed by atoms with Gasteiger partial charge in [0.2, 0.25) is 5.89 Å². The number of hydrogen-bond donors (Lipinski definition) is 1. The van der Waals surface area contributed by atoms with Crippen molar-refractivity contribution in [3.8, 4) is 17.2 Å². The van der Waals surface area contributed by atoms with Crippen molar-refractivity contribution in [2.45, 2.75) is 19.8 Å². The number of fused-ring (bicyclic) bond motifs is 1. The van der Waals surface area contributed by atoms with Crippen LogP contribution in [0.4, 0.5) is 17.1 Å². The van der Waals surface area contributed by atoms with Crippen molar-refractivity contribution in [1.29, 1.82) is 0 Å². The van der Waals surface area contributed by atoms with E-state index in [1.54, 1.807) is 43.5 Å². The molecule has 9 nitrogen and oxygen atoms in total. The van der Waals surface area contributed by atoms with Gasteiger partial charge in [0.1, 0.15) is 17.0 Å². The molecule has 1 aliphatic heterocycles. The number of aromatic nitrogens is 1. The average Bonchev–Trinajstić information content (AvgIpc) is 3.54. The predicted octanol–water partition coefficient (Wildman–Crippen LogP) is 5.57. The molecule has 1 fully saturated rings. The van der Waals surface area contributed by atoms with Crippen LogP contribution in [-0.4, -0.2) is 36.0 Å². The predicted molar refractivity (Wildman–Crippen MR) is 133 cm³/mol. The normalized spacial score (nSPS) is 13.3. The largest absolute Gasteiger partial charge is 0.497 e. The molecular weight excluding hydrogens is 448 g/mol. The first-order valence-corrected chi connectivity index (χ1v) is 11.3. The SMILES string of the molecule is COc1ccc2oc(-c3ccc(C)c(NC(=O)c4ccc(N5CCCC5)c([N+](=O)[O-])c4)c3)nc2c1. The number of aryl methyl sites for hydroxylation is 1. The van der Waals surface area contributed by atoms with Gasteiger partial charge >= 0.3 is 0 Å². The number of carbonyl (C=O) groups is 1. The van der Waals surface area contributed by atoms with Crippen LogP contribution >= 0.6 is 0 Å². The lowest BCUT2D eigenvalue weighted by molar-refractivity contribution is -0.384. The highest BCUT2D eigenvalue weighted by Crippen LogP contribution is 2.33. The summed E-state index contributed by atoms with van der Waals surface area (Å²) in [5, 5.41) is 14.6. The number of nitro groups is 1. The van der Waals surface area contributed by atoms with Crippen molar-refractivity contribution in [3.63, 3.8) is 0 Å². The number of carbonyl (C=O) groups excluding carboxylic acids is 1. The topological polar surface area (TPSA) is 111 Å². The number of hydrogen-bond acceptors (Lipinski definition) is 7. The van der Waals surface area contributed by atoms with Crippen LogP contribution in [-0.2, 0) is 0 Å². The van der Waals surface area contributed by atoms with Crippen molar-refractivity contribution in [1.82, 2.24) is 4.98 Å². The van der Waals surface area contributed by atoms with E-state index in [0.29, 0.717) is 39.7 Å². The van der Waals surface area contributed by atoms with E-state index >= 15 is 0 Å². The van der Waals surface area contributed by atoms with Gasteiger partial charge in [-0.05, 0) is 61.7 Å². The Bertz CT molecular complexity index is 1440. The Labute approximate surface area is 201 Å². The maximum atomic E-state index is 13.0. The third kappa shape index (κ3) is 4.40. The third-order valence-corrected chi connectivity index (χ3v) is 6.21. The van der Waals surface area contributed by atoms with Crippen molar-refractivity contribution in [2.24, 2.45) is 0 Å². The molecule has 3 aromatic carbocycles. The summed E-state index contributed by atoms with van der Waals surface area (Å²) in [6.45, 7) is 3.43. The fraction of sp³-hybridized carbons (Fsp3) is 0.231. The molecule has 9 heteroatoms. The molecule has 0 aliphatic carbocycles. The number of ether oxygens (including phenoxy) is 1. The summed E-state index contributed by atoms with van der Waals surface area (Å²) in [4.78, 5) is 30.8. The van der Waals surface area contributed by atoms with Crippen LogP contribution in [0.5, 0.6) is 5.75 Å². The van der Waals surface area contributed by atoms with Crippen LogP contribution in [0.25, 0.3) is 22.6 Å². The Morgan fingerprint density at radius 2 is 1.91 bits per heavy atom. The number of amides is 1. The lowest BCUT2D eigenvalue weighted by Crippen LogP contribution is -2.20. The minimum atomic E-state index is -0.432. The molecule has 35 heavy (non-hydrogen) atoms. The first-order chi connectivity index (χ1) is 16.9. The van der Waals surface area contributed by atoms with E-state index in [1.165, 1.54) is 6.07 Å². The Balaban J connectivity index is 1.42. The van der Waals surface area contributed by atoms with E-state index in [-0.39, 0.29) is 11.3 Å². The first kappa shape index (κ1) is 22.4. The molecule has 2 heterocycles. The number of rotatable bonds is 6. The van der Waals surface area contributed by atoms with Gasteiger partial charge in [0.15, 0.2) is 5.58 Å². The Morgan fingerprint density at radius 1 is 1.11 bits per heavy atom. The summed E-state index contributed by atoms with van der Waals surface area (Å²) in [6.07, 6.45) is 2.01. The second-order valence-electron chi connectivity index (χ2n) is 8.49. The summed E-state index contributed by atoms with van der Waals surface area (Å²) in [7, 11) is 1.59. The smallest absolute Gasteiger partial charge is 0.293 e. The molecule has 1 N–H and O–H groups in total. The molecule has 1 aromatic heterocycles. The number of oxazole rings is 1. The van der Waals surface area contributed by atoms with Crippen LogP contribution in [0.3, 0.4) is 0 Å². The van der Waals surface area contributed by atoms with Crippen molar-refractivity contribution >= 4 is 34.1 Å². The van der Waals surface area contributed by atoms with Gasteiger partial charge in [-0.15, -0.1) is 0 Å². The molecule has 178 valence electrons. The second kappa shape index (κ2) is 9.09. The highest BCUT2D eigenvalue weighted by atomic mass is 16.6. The molecule has 0 atom stereocenters. The zero-order valence-corrected chi connectivity index (χ0v) is 19.4. The molecule has 0 unspecified atom stereocenters. The maximum absolute atomic E-state index is 13.0. The minimum absolute atomic E-state index is 0.0630. The summed E-state index contributed by atoms with van der Waals surface area (Å²) in [5.74, 6) is 0.664. The van der Waals surface area contributed by atoms with Gasteiger partial charge in [-0.2, -0.15) is 0 Å². The molecule has 1 aliphatic rings. The monoisotopic (exact) mass is 472 g/mol. The van der Waals surface area contributed by atoms with Gasteiger partial charge in [0.05, 0.1) is 12.0 Å². The van der Waals surface area contributed by atoms with Gasteiger partial charge in [-0.25, -0.2) is 4.98 Å². The van der Waals surface area contributed by atoms with Crippen LogP contribution in [0, 0.1) is 17.0 Å². The number of nitrogens with zero attached hydrogens (tertiary/aromatic N) is 3. The third-order valence-electron chi connectivity index (χ3n) is 6.21. The number of nitrogens with one attached hydrogen (secondary N) is 1. The van der Waals surface area contributed by atoms with E-state index in [9.17, 15) is 14.9 Å². The fourth-order valence-corrected chi connectivity index (χ4v) is 4.28. The standard InChI is InChI=1S/C26H24N4O5/c1-16-5-6-18(26-28-21-15-19(34-2)8-10-24(21)35-26)13-20(16)27-25(31)17-7-9-22(23(14-17)30(32)33)29-11-3-4-12-29/h5-10,13-15H,3-4,11-12H2,1-2H3,(H,27,31). The summed E-state index contributed by atoms with van der Waals surface area (Å²) in [6, 6.07) is 15.5. The minimum Gasteiger partial charge on any atom is -0.497 e. The lowest BCUT2D eigenvalue weighted by Gasteiger charge is -2.18. The van der Waals surface area contributed by atoms with Crippen molar-refractivity contribution in [3.05, 3.63) is 75.8 Å². The van der Waals surface area contributed by atoms with Gasteiger partial charge in [-0.3, -0.25) is 14.9 Å². The average molecular weight is 473 g/mol. The number of anilines is 2. The van der Waals surface area contributed by atoms with Gasteiger partial charge < -0.3 is 19.4 Å².